The Bertz CT molecular complexity index is 613. The van der Waals surface area contributed by atoms with E-state index < -0.39 is 0 Å². The molecule has 3 nitrogen and oxygen atoms in total. The van der Waals surface area contributed by atoms with Crippen molar-refractivity contribution in [2.45, 2.75) is 13.5 Å². The molecule has 0 aliphatic carbocycles. The lowest BCUT2D eigenvalue weighted by Crippen LogP contribution is -2.20. The summed E-state index contributed by atoms with van der Waals surface area (Å²) in [6.07, 6.45) is 3.36. The summed E-state index contributed by atoms with van der Waals surface area (Å²) in [4.78, 5) is 11.8. The Labute approximate surface area is 125 Å². The zero-order chi connectivity index (χ0) is 15.1. The average molecular weight is 281 g/mol. The zero-order valence-corrected chi connectivity index (χ0v) is 12.3. The Kier molecular flexibility index (Phi) is 5.16. The number of nitrogens with one attached hydrogen (secondary N) is 1. The number of aryl methyl sites for hydroxylation is 1. The predicted molar refractivity (Wildman–Crippen MR) is 85.1 cm³/mol. The monoisotopic (exact) mass is 281 g/mol. The minimum atomic E-state index is -0.105. The number of hydrogen-bond acceptors (Lipinski definition) is 2. The van der Waals surface area contributed by atoms with Gasteiger partial charge in [-0.25, -0.2) is 0 Å². The van der Waals surface area contributed by atoms with Crippen LogP contribution in [0.1, 0.15) is 16.7 Å². The fraction of sp³-hybridized carbons (Fsp3) is 0.167. The number of carbonyl (C=O) groups excluding carboxylic acids is 1. The van der Waals surface area contributed by atoms with Gasteiger partial charge in [-0.15, -0.1) is 0 Å². The molecule has 2 aromatic carbocycles. The third-order valence-electron chi connectivity index (χ3n) is 3.13. The van der Waals surface area contributed by atoms with Gasteiger partial charge in [0.25, 0.3) is 0 Å². The summed E-state index contributed by atoms with van der Waals surface area (Å²) in [6, 6.07) is 15.6. The van der Waals surface area contributed by atoms with E-state index in [1.807, 2.05) is 61.5 Å². The molecule has 0 atom stereocenters. The van der Waals surface area contributed by atoms with Gasteiger partial charge in [0.15, 0.2) is 0 Å². The molecular weight excluding hydrogens is 262 g/mol. The maximum atomic E-state index is 11.8. The molecule has 0 saturated carbocycles. The maximum Gasteiger partial charge on any atom is 0.244 e. The molecule has 2 aromatic rings. The molecule has 0 saturated heterocycles. The Morgan fingerprint density at radius 1 is 1.10 bits per heavy atom. The summed E-state index contributed by atoms with van der Waals surface area (Å²) < 4.78 is 5.09. The van der Waals surface area contributed by atoms with Crippen LogP contribution in [0.15, 0.2) is 54.6 Å². The van der Waals surface area contributed by atoms with E-state index in [-0.39, 0.29) is 5.91 Å². The van der Waals surface area contributed by atoms with Crippen LogP contribution in [0.25, 0.3) is 6.08 Å². The van der Waals surface area contributed by atoms with E-state index in [9.17, 15) is 4.79 Å². The second-order valence-corrected chi connectivity index (χ2v) is 4.81. The summed E-state index contributed by atoms with van der Waals surface area (Å²) >= 11 is 0. The van der Waals surface area contributed by atoms with Crippen LogP contribution in [0, 0.1) is 6.92 Å². The number of amides is 1. The third kappa shape index (κ3) is 4.80. The first kappa shape index (κ1) is 14.9. The number of benzene rings is 2. The highest BCUT2D eigenvalue weighted by Gasteiger charge is 1.98. The van der Waals surface area contributed by atoms with Crippen LogP contribution in [0.4, 0.5) is 0 Å². The van der Waals surface area contributed by atoms with Gasteiger partial charge in [-0.3, -0.25) is 4.79 Å². The van der Waals surface area contributed by atoms with E-state index in [4.69, 9.17) is 4.74 Å². The van der Waals surface area contributed by atoms with Crippen molar-refractivity contribution in [3.63, 3.8) is 0 Å². The molecule has 21 heavy (non-hydrogen) atoms. The normalized spacial score (nSPS) is 10.6. The van der Waals surface area contributed by atoms with Gasteiger partial charge >= 0.3 is 0 Å². The van der Waals surface area contributed by atoms with Gasteiger partial charge in [0.1, 0.15) is 5.75 Å². The molecule has 1 N–H and O–H groups in total. The fourth-order valence-electron chi connectivity index (χ4n) is 1.84. The van der Waals surface area contributed by atoms with Gasteiger partial charge in [-0.1, -0.05) is 42.0 Å². The molecule has 0 aliphatic rings. The molecule has 0 fully saturated rings. The van der Waals surface area contributed by atoms with Crippen molar-refractivity contribution in [2.24, 2.45) is 0 Å². The first-order chi connectivity index (χ1) is 10.2. The highest BCUT2D eigenvalue weighted by atomic mass is 16.5. The molecular formula is C18H19NO2. The number of hydrogen-bond donors (Lipinski definition) is 1. The second-order valence-electron chi connectivity index (χ2n) is 4.81. The van der Waals surface area contributed by atoms with Gasteiger partial charge in [0.05, 0.1) is 7.11 Å². The fourth-order valence-corrected chi connectivity index (χ4v) is 1.84. The van der Waals surface area contributed by atoms with Crippen LogP contribution in [0.5, 0.6) is 5.75 Å². The lowest BCUT2D eigenvalue weighted by Gasteiger charge is -2.04. The molecule has 0 aromatic heterocycles. The summed E-state index contributed by atoms with van der Waals surface area (Å²) in [6.45, 7) is 2.54. The van der Waals surface area contributed by atoms with Crippen LogP contribution < -0.4 is 10.1 Å². The van der Waals surface area contributed by atoms with Gasteiger partial charge in [0.2, 0.25) is 5.91 Å². The topological polar surface area (TPSA) is 38.3 Å². The van der Waals surface area contributed by atoms with Gasteiger partial charge in [-0.05, 0) is 36.3 Å². The smallest absolute Gasteiger partial charge is 0.244 e. The second kappa shape index (κ2) is 7.29. The molecule has 2 rings (SSSR count). The summed E-state index contributed by atoms with van der Waals surface area (Å²) in [5, 5.41) is 2.85. The van der Waals surface area contributed by atoms with Crippen molar-refractivity contribution >= 4 is 12.0 Å². The lowest BCUT2D eigenvalue weighted by molar-refractivity contribution is -0.116. The predicted octanol–water partition coefficient (Wildman–Crippen LogP) is 3.33. The number of ether oxygens (including phenoxy) is 1. The van der Waals surface area contributed by atoms with Crippen molar-refractivity contribution in [3.8, 4) is 5.75 Å². The van der Waals surface area contributed by atoms with Crippen molar-refractivity contribution in [1.82, 2.24) is 5.32 Å². The van der Waals surface area contributed by atoms with Crippen LogP contribution in [0.3, 0.4) is 0 Å². The molecule has 0 radical (unpaired) electrons. The standard InChI is InChI=1S/C18H19NO2/c1-14-3-5-15(6-4-14)9-12-18(20)19-13-16-7-10-17(21-2)11-8-16/h3-12H,13H2,1-2H3,(H,19,20)/b12-9+. The first-order valence-electron chi connectivity index (χ1n) is 6.83. The third-order valence-corrected chi connectivity index (χ3v) is 3.13. The molecule has 1 amide bonds. The van der Waals surface area contributed by atoms with E-state index in [1.54, 1.807) is 13.2 Å². The number of rotatable bonds is 5. The van der Waals surface area contributed by atoms with E-state index >= 15 is 0 Å². The number of carbonyl (C=O) groups is 1. The Morgan fingerprint density at radius 3 is 2.38 bits per heavy atom. The van der Waals surface area contributed by atoms with E-state index in [0.717, 1.165) is 16.9 Å². The van der Waals surface area contributed by atoms with Crippen molar-refractivity contribution < 1.29 is 9.53 Å². The summed E-state index contributed by atoms with van der Waals surface area (Å²) in [5.74, 6) is 0.704. The molecule has 0 spiro atoms. The van der Waals surface area contributed by atoms with Crippen LogP contribution in [-0.4, -0.2) is 13.0 Å². The minimum Gasteiger partial charge on any atom is -0.497 e. The molecule has 0 aliphatic heterocycles. The lowest BCUT2D eigenvalue weighted by atomic mass is 10.1. The Balaban J connectivity index is 1.85. The van der Waals surface area contributed by atoms with E-state index in [1.165, 1.54) is 5.56 Å². The first-order valence-corrected chi connectivity index (χ1v) is 6.83. The van der Waals surface area contributed by atoms with Gasteiger partial charge in [0, 0.05) is 12.6 Å². The Hall–Kier alpha value is -2.55. The molecule has 3 heteroatoms. The highest BCUT2D eigenvalue weighted by molar-refractivity contribution is 5.91. The Morgan fingerprint density at radius 2 is 1.76 bits per heavy atom. The molecule has 0 heterocycles. The van der Waals surface area contributed by atoms with Gasteiger partial charge in [-0.2, -0.15) is 0 Å². The largest absolute Gasteiger partial charge is 0.497 e. The van der Waals surface area contributed by atoms with Crippen molar-refractivity contribution in [2.75, 3.05) is 7.11 Å². The molecule has 108 valence electrons. The highest BCUT2D eigenvalue weighted by Crippen LogP contribution is 2.11. The summed E-state index contributed by atoms with van der Waals surface area (Å²) in [7, 11) is 1.63. The van der Waals surface area contributed by atoms with Crippen molar-refractivity contribution in [3.05, 3.63) is 71.3 Å². The minimum absolute atomic E-state index is 0.105. The van der Waals surface area contributed by atoms with Crippen LogP contribution in [0.2, 0.25) is 0 Å². The maximum absolute atomic E-state index is 11.8. The van der Waals surface area contributed by atoms with Gasteiger partial charge < -0.3 is 10.1 Å². The molecule has 0 bridgehead atoms. The summed E-state index contributed by atoms with van der Waals surface area (Å²) in [5.41, 5.74) is 3.25. The van der Waals surface area contributed by atoms with Crippen molar-refractivity contribution in [1.29, 1.82) is 0 Å². The average Bonchev–Trinajstić information content (AvgIpc) is 2.53. The quantitative estimate of drug-likeness (QED) is 0.854. The SMILES string of the molecule is COc1ccc(CNC(=O)/C=C/c2ccc(C)cc2)cc1. The number of methoxy groups -OCH3 is 1. The van der Waals surface area contributed by atoms with E-state index in [0.29, 0.717) is 6.54 Å². The zero-order valence-electron chi connectivity index (χ0n) is 12.3. The van der Waals surface area contributed by atoms with E-state index in [2.05, 4.69) is 5.32 Å². The van der Waals surface area contributed by atoms with Crippen LogP contribution in [-0.2, 0) is 11.3 Å². The van der Waals surface area contributed by atoms with Crippen LogP contribution >= 0.6 is 0 Å². The molecule has 0 unspecified atom stereocenters.